The Morgan fingerprint density at radius 3 is 2.76 bits per heavy atom. The quantitative estimate of drug-likeness (QED) is 0.925. The van der Waals surface area contributed by atoms with Gasteiger partial charge in [0.1, 0.15) is 5.75 Å². The van der Waals surface area contributed by atoms with Gasteiger partial charge in [0.15, 0.2) is 0 Å². The molecule has 0 aromatic heterocycles. The maximum absolute atomic E-state index is 10.8. The highest BCUT2D eigenvalue weighted by molar-refractivity contribution is 5.87. The van der Waals surface area contributed by atoms with E-state index in [0.29, 0.717) is 11.5 Å². The summed E-state index contributed by atoms with van der Waals surface area (Å²) in [6.45, 7) is 3.13. The number of nitrogens with zero attached hydrogens (tertiary/aromatic N) is 1. The SMILES string of the molecule is O=C(O)c1ccc(OCC2CCC3CCCCN3C2)cc1. The van der Waals surface area contributed by atoms with Crippen LogP contribution in [-0.2, 0) is 0 Å². The van der Waals surface area contributed by atoms with Gasteiger partial charge < -0.3 is 9.84 Å². The molecule has 3 rings (SSSR count). The lowest BCUT2D eigenvalue weighted by molar-refractivity contribution is 0.0565. The first-order valence-corrected chi connectivity index (χ1v) is 7.92. The average Bonchev–Trinajstić information content (AvgIpc) is 2.53. The Morgan fingerprint density at radius 1 is 1.19 bits per heavy atom. The Hall–Kier alpha value is -1.55. The smallest absolute Gasteiger partial charge is 0.335 e. The van der Waals surface area contributed by atoms with Crippen LogP contribution in [-0.4, -0.2) is 41.7 Å². The predicted molar refractivity (Wildman–Crippen MR) is 80.8 cm³/mol. The summed E-state index contributed by atoms with van der Waals surface area (Å²) in [6.07, 6.45) is 6.63. The molecule has 2 aliphatic heterocycles. The number of carboxylic acid groups (broad SMARTS) is 1. The van der Waals surface area contributed by atoms with Crippen molar-refractivity contribution in [3.63, 3.8) is 0 Å². The summed E-state index contributed by atoms with van der Waals surface area (Å²) in [7, 11) is 0. The molecule has 2 saturated heterocycles. The van der Waals surface area contributed by atoms with Crippen molar-refractivity contribution in [3.05, 3.63) is 29.8 Å². The van der Waals surface area contributed by atoms with Crippen LogP contribution in [0.3, 0.4) is 0 Å². The fraction of sp³-hybridized carbons (Fsp3) is 0.588. The predicted octanol–water partition coefficient (Wildman–Crippen LogP) is 3.03. The maximum atomic E-state index is 10.8. The number of ether oxygens (including phenoxy) is 1. The lowest BCUT2D eigenvalue weighted by atomic mass is 9.88. The third-order valence-corrected chi connectivity index (χ3v) is 4.74. The molecular formula is C17H23NO3. The lowest BCUT2D eigenvalue weighted by Crippen LogP contribution is -2.47. The highest BCUT2D eigenvalue weighted by atomic mass is 16.5. The van der Waals surface area contributed by atoms with Crippen LogP contribution >= 0.6 is 0 Å². The van der Waals surface area contributed by atoms with Gasteiger partial charge in [-0.25, -0.2) is 4.79 Å². The van der Waals surface area contributed by atoms with Crippen molar-refractivity contribution in [2.75, 3.05) is 19.7 Å². The molecule has 0 aliphatic carbocycles. The standard InChI is InChI=1S/C17H23NO3/c19-17(20)14-5-8-16(9-6-14)21-12-13-4-7-15-3-1-2-10-18(15)11-13/h5-6,8-9,13,15H,1-4,7,10-12H2,(H,19,20). The van der Waals surface area contributed by atoms with Crippen molar-refractivity contribution in [1.29, 1.82) is 0 Å². The molecular weight excluding hydrogens is 266 g/mol. The van der Waals surface area contributed by atoms with Crippen molar-refractivity contribution >= 4 is 5.97 Å². The molecule has 0 saturated carbocycles. The molecule has 21 heavy (non-hydrogen) atoms. The molecule has 0 spiro atoms. The first kappa shape index (κ1) is 14.4. The summed E-state index contributed by atoms with van der Waals surface area (Å²) >= 11 is 0. The summed E-state index contributed by atoms with van der Waals surface area (Å²) in [6, 6.07) is 7.49. The second-order valence-corrected chi connectivity index (χ2v) is 6.23. The lowest BCUT2D eigenvalue weighted by Gasteiger charge is -2.42. The number of hydrogen-bond acceptors (Lipinski definition) is 3. The molecule has 4 nitrogen and oxygen atoms in total. The van der Waals surface area contributed by atoms with Gasteiger partial charge in [-0.1, -0.05) is 6.42 Å². The number of piperidine rings is 2. The number of carboxylic acids is 1. The van der Waals surface area contributed by atoms with Crippen LogP contribution in [0.5, 0.6) is 5.75 Å². The van der Waals surface area contributed by atoms with Crippen LogP contribution in [0.1, 0.15) is 42.5 Å². The topological polar surface area (TPSA) is 49.8 Å². The number of carbonyl (C=O) groups is 1. The van der Waals surface area contributed by atoms with E-state index in [-0.39, 0.29) is 0 Å². The second-order valence-electron chi connectivity index (χ2n) is 6.23. The van der Waals surface area contributed by atoms with Crippen molar-refractivity contribution in [2.24, 2.45) is 5.92 Å². The van der Waals surface area contributed by atoms with Crippen LogP contribution in [0.4, 0.5) is 0 Å². The Bertz CT molecular complexity index is 485. The van der Waals surface area contributed by atoms with Crippen molar-refractivity contribution in [1.82, 2.24) is 4.90 Å². The van der Waals surface area contributed by atoms with Gasteiger partial charge in [-0.3, -0.25) is 4.90 Å². The maximum Gasteiger partial charge on any atom is 0.335 e. The molecule has 1 N–H and O–H groups in total. The van der Waals surface area contributed by atoms with Gasteiger partial charge in [0.2, 0.25) is 0 Å². The summed E-state index contributed by atoms with van der Waals surface area (Å²) < 4.78 is 5.84. The van der Waals surface area contributed by atoms with Crippen molar-refractivity contribution in [3.8, 4) is 5.75 Å². The number of rotatable bonds is 4. The van der Waals surface area contributed by atoms with Crippen LogP contribution in [0, 0.1) is 5.92 Å². The summed E-state index contributed by atoms with van der Waals surface area (Å²) in [5.74, 6) is 0.462. The minimum atomic E-state index is -0.898. The van der Waals surface area contributed by atoms with E-state index in [1.807, 2.05) is 0 Å². The first-order valence-electron chi connectivity index (χ1n) is 7.92. The van der Waals surface area contributed by atoms with E-state index in [1.54, 1.807) is 24.3 Å². The van der Waals surface area contributed by atoms with Gasteiger partial charge in [-0.2, -0.15) is 0 Å². The van der Waals surface area contributed by atoms with E-state index in [9.17, 15) is 4.79 Å². The highest BCUT2D eigenvalue weighted by Crippen LogP contribution is 2.29. The zero-order valence-electron chi connectivity index (χ0n) is 12.3. The molecule has 0 amide bonds. The molecule has 2 atom stereocenters. The van der Waals surface area contributed by atoms with Crippen molar-refractivity contribution < 1.29 is 14.6 Å². The number of hydrogen-bond donors (Lipinski definition) is 1. The van der Waals surface area contributed by atoms with Gasteiger partial charge >= 0.3 is 5.97 Å². The molecule has 2 heterocycles. The third-order valence-electron chi connectivity index (χ3n) is 4.74. The van der Waals surface area contributed by atoms with Crippen LogP contribution in [0.25, 0.3) is 0 Å². The van der Waals surface area contributed by atoms with Gasteiger partial charge in [0.25, 0.3) is 0 Å². The highest BCUT2D eigenvalue weighted by Gasteiger charge is 2.30. The molecule has 2 unspecified atom stereocenters. The molecule has 2 aliphatic rings. The fourth-order valence-corrected chi connectivity index (χ4v) is 3.52. The molecule has 2 fully saturated rings. The molecule has 0 radical (unpaired) electrons. The Kier molecular flexibility index (Phi) is 4.44. The van der Waals surface area contributed by atoms with E-state index in [1.165, 1.54) is 38.6 Å². The van der Waals surface area contributed by atoms with Gasteiger partial charge in [0, 0.05) is 18.5 Å². The molecule has 4 heteroatoms. The number of benzene rings is 1. The number of aromatic carboxylic acids is 1. The molecule has 114 valence electrons. The van der Waals surface area contributed by atoms with Crippen molar-refractivity contribution in [2.45, 2.75) is 38.1 Å². The number of fused-ring (bicyclic) bond motifs is 1. The van der Waals surface area contributed by atoms with E-state index >= 15 is 0 Å². The monoisotopic (exact) mass is 289 g/mol. The minimum absolute atomic E-state index is 0.302. The van der Waals surface area contributed by atoms with Crippen LogP contribution in [0.2, 0.25) is 0 Å². The molecule has 1 aromatic carbocycles. The summed E-state index contributed by atoms with van der Waals surface area (Å²) in [5, 5.41) is 8.87. The first-order chi connectivity index (χ1) is 10.2. The van der Waals surface area contributed by atoms with Gasteiger partial charge in [-0.15, -0.1) is 0 Å². The van der Waals surface area contributed by atoms with E-state index in [4.69, 9.17) is 9.84 Å². The van der Waals surface area contributed by atoms with E-state index in [2.05, 4.69) is 4.90 Å². The van der Waals surface area contributed by atoms with Gasteiger partial charge in [-0.05, 0) is 56.5 Å². The largest absolute Gasteiger partial charge is 0.493 e. The van der Waals surface area contributed by atoms with Crippen LogP contribution in [0.15, 0.2) is 24.3 Å². The van der Waals surface area contributed by atoms with Gasteiger partial charge in [0.05, 0.1) is 12.2 Å². The summed E-state index contributed by atoms with van der Waals surface area (Å²) in [4.78, 5) is 13.4. The van der Waals surface area contributed by atoms with E-state index < -0.39 is 5.97 Å². The fourth-order valence-electron chi connectivity index (χ4n) is 3.52. The normalized spacial score (nSPS) is 26.1. The van der Waals surface area contributed by atoms with Crippen LogP contribution < -0.4 is 4.74 Å². The molecule has 0 bridgehead atoms. The average molecular weight is 289 g/mol. The summed E-state index contributed by atoms with van der Waals surface area (Å²) in [5.41, 5.74) is 0.302. The minimum Gasteiger partial charge on any atom is -0.493 e. The zero-order valence-corrected chi connectivity index (χ0v) is 12.3. The Morgan fingerprint density at radius 2 is 2.00 bits per heavy atom. The third kappa shape index (κ3) is 3.56. The Balaban J connectivity index is 1.49. The Labute approximate surface area is 125 Å². The van der Waals surface area contributed by atoms with E-state index in [0.717, 1.165) is 24.9 Å². The zero-order chi connectivity index (χ0) is 14.7. The molecule has 1 aromatic rings. The second kappa shape index (κ2) is 6.48.